The molecule has 4 aromatic rings. The van der Waals surface area contributed by atoms with Crippen molar-refractivity contribution in [2.45, 2.75) is 20.1 Å². The van der Waals surface area contributed by atoms with E-state index in [-0.39, 0.29) is 6.61 Å². The van der Waals surface area contributed by atoms with E-state index in [9.17, 15) is 5.11 Å². The van der Waals surface area contributed by atoms with Crippen LogP contribution in [0.1, 0.15) is 18.1 Å². The summed E-state index contributed by atoms with van der Waals surface area (Å²) >= 11 is 0. The molecule has 5 heteroatoms. The van der Waals surface area contributed by atoms with E-state index in [0.717, 1.165) is 33.6 Å². The van der Waals surface area contributed by atoms with E-state index in [1.165, 1.54) is 0 Å². The second-order valence-corrected chi connectivity index (χ2v) is 6.70. The number of aliphatic hydroxyl groups is 1. The summed E-state index contributed by atoms with van der Waals surface area (Å²) in [7, 11) is 0. The van der Waals surface area contributed by atoms with Crippen molar-refractivity contribution in [3.63, 3.8) is 0 Å². The minimum absolute atomic E-state index is 0.0810. The molecule has 0 amide bonds. The molecule has 0 unspecified atom stereocenters. The van der Waals surface area contributed by atoms with E-state index >= 15 is 0 Å². The number of rotatable bonds is 7. The van der Waals surface area contributed by atoms with Gasteiger partial charge < -0.3 is 14.4 Å². The van der Waals surface area contributed by atoms with Crippen molar-refractivity contribution in [1.82, 2.24) is 14.5 Å². The third-order valence-corrected chi connectivity index (χ3v) is 4.79. The lowest BCUT2D eigenvalue weighted by molar-refractivity contribution is 0.267. The number of nitrogens with zero attached hydrogens (tertiary/aromatic N) is 3. The van der Waals surface area contributed by atoms with Gasteiger partial charge in [-0.25, -0.2) is 4.98 Å². The summed E-state index contributed by atoms with van der Waals surface area (Å²) < 4.78 is 7.79. The second-order valence-electron chi connectivity index (χ2n) is 6.70. The SMILES string of the molecule is CCOc1ccc(-c2c(-c3ccccc3)ncn2Cc2ccncc2)cc1CO. The molecule has 0 spiro atoms. The van der Waals surface area contributed by atoms with Crippen LogP contribution in [0.25, 0.3) is 22.5 Å². The molecule has 0 atom stereocenters. The van der Waals surface area contributed by atoms with E-state index in [2.05, 4.69) is 21.7 Å². The van der Waals surface area contributed by atoms with Crippen LogP contribution in [-0.4, -0.2) is 26.2 Å². The molecule has 4 rings (SSSR count). The Balaban J connectivity index is 1.84. The highest BCUT2D eigenvalue weighted by atomic mass is 16.5. The Hall–Kier alpha value is -3.44. The average Bonchev–Trinajstić information content (AvgIpc) is 3.19. The van der Waals surface area contributed by atoms with Crippen molar-refractivity contribution >= 4 is 0 Å². The quantitative estimate of drug-likeness (QED) is 0.507. The fraction of sp³-hybridized carbons (Fsp3) is 0.167. The molecule has 0 aliphatic rings. The van der Waals surface area contributed by atoms with Gasteiger partial charge in [0.25, 0.3) is 0 Å². The lowest BCUT2D eigenvalue weighted by Gasteiger charge is -2.14. The smallest absolute Gasteiger partial charge is 0.124 e. The van der Waals surface area contributed by atoms with Gasteiger partial charge in [-0.2, -0.15) is 0 Å². The number of hydrogen-bond acceptors (Lipinski definition) is 4. The van der Waals surface area contributed by atoms with Crippen molar-refractivity contribution in [1.29, 1.82) is 0 Å². The Kier molecular flexibility index (Phi) is 5.68. The summed E-state index contributed by atoms with van der Waals surface area (Å²) in [5.74, 6) is 0.709. The normalized spacial score (nSPS) is 10.8. The molecule has 0 aliphatic carbocycles. The molecule has 0 saturated carbocycles. The summed E-state index contributed by atoms with van der Waals surface area (Å²) in [5.41, 5.74) is 5.86. The van der Waals surface area contributed by atoms with Crippen molar-refractivity contribution in [3.8, 4) is 28.3 Å². The van der Waals surface area contributed by atoms with Gasteiger partial charge in [-0.1, -0.05) is 30.3 Å². The van der Waals surface area contributed by atoms with E-state index in [1.807, 2.05) is 61.8 Å². The number of aromatic nitrogens is 3. The zero-order chi connectivity index (χ0) is 20.1. The Labute approximate surface area is 170 Å². The van der Waals surface area contributed by atoms with E-state index in [1.54, 1.807) is 12.4 Å². The zero-order valence-corrected chi connectivity index (χ0v) is 16.3. The van der Waals surface area contributed by atoms with E-state index < -0.39 is 0 Å². The predicted octanol–water partition coefficient (Wildman–Crippen LogP) is 4.55. The largest absolute Gasteiger partial charge is 0.494 e. The Morgan fingerprint density at radius 2 is 1.76 bits per heavy atom. The molecule has 0 bridgehead atoms. The van der Waals surface area contributed by atoms with Crippen molar-refractivity contribution < 1.29 is 9.84 Å². The summed E-state index contributed by atoms with van der Waals surface area (Å²) in [4.78, 5) is 8.83. The minimum Gasteiger partial charge on any atom is -0.494 e. The molecular formula is C24H23N3O2. The van der Waals surface area contributed by atoms with Gasteiger partial charge in [0.15, 0.2) is 0 Å². The highest BCUT2D eigenvalue weighted by Gasteiger charge is 2.17. The van der Waals surface area contributed by atoms with Crippen LogP contribution in [0, 0.1) is 0 Å². The summed E-state index contributed by atoms with van der Waals surface area (Å²) in [5, 5.41) is 9.85. The van der Waals surface area contributed by atoms with Gasteiger partial charge in [-0.15, -0.1) is 0 Å². The maximum atomic E-state index is 9.85. The summed E-state index contributed by atoms with van der Waals surface area (Å²) in [6.07, 6.45) is 5.46. The zero-order valence-electron chi connectivity index (χ0n) is 16.3. The van der Waals surface area contributed by atoms with Crippen molar-refractivity contribution in [3.05, 3.63) is 90.5 Å². The number of hydrogen-bond donors (Lipinski definition) is 1. The minimum atomic E-state index is -0.0810. The van der Waals surface area contributed by atoms with Crippen molar-refractivity contribution in [2.75, 3.05) is 6.61 Å². The van der Waals surface area contributed by atoms with E-state index in [0.29, 0.717) is 18.9 Å². The van der Waals surface area contributed by atoms with Crippen LogP contribution in [0.15, 0.2) is 79.4 Å². The molecule has 0 fully saturated rings. The Morgan fingerprint density at radius 3 is 2.48 bits per heavy atom. The van der Waals surface area contributed by atoms with Gasteiger partial charge in [0, 0.05) is 35.6 Å². The number of ether oxygens (including phenoxy) is 1. The molecule has 5 nitrogen and oxygen atoms in total. The lowest BCUT2D eigenvalue weighted by Crippen LogP contribution is -2.02. The van der Waals surface area contributed by atoms with Crippen LogP contribution in [0.2, 0.25) is 0 Å². The monoisotopic (exact) mass is 385 g/mol. The first kappa shape index (κ1) is 18.9. The van der Waals surface area contributed by atoms with Crippen LogP contribution >= 0.6 is 0 Å². The van der Waals surface area contributed by atoms with Gasteiger partial charge in [0.05, 0.1) is 30.9 Å². The van der Waals surface area contributed by atoms with Gasteiger partial charge >= 0.3 is 0 Å². The first-order chi connectivity index (χ1) is 14.3. The number of imidazole rings is 1. The number of pyridine rings is 1. The molecule has 146 valence electrons. The van der Waals surface area contributed by atoms with Gasteiger partial charge in [0.1, 0.15) is 5.75 Å². The molecule has 0 aliphatic heterocycles. The maximum Gasteiger partial charge on any atom is 0.124 e. The summed E-state index contributed by atoms with van der Waals surface area (Å²) in [6.45, 7) is 3.09. The van der Waals surface area contributed by atoms with Gasteiger partial charge in [-0.05, 0) is 42.8 Å². The third-order valence-electron chi connectivity index (χ3n) is 4.79. The van der Waals surface area contributed by atoms with Crippen LogP contribution in [-0.2, 0) is 13.2 Å². The molecule has 1 N–H and O–H groups in total. The maximum absolute atomic E-state index is 9.85. The first-order valence-electron chi connectivity index (χ1n) is 9.66. The number of aliphatic hydroxyl groups excluding tert-OH is 1. The first-order valence-corrected chi connectivity index (χ1v) is 9.66. The molecule has 2 aromatic carbocycles. The van der Waals surface area contributed by atoms with Crippen LogP contribution in [0.3, 0.4) is 0 Å². The molecule has 0 saturated heterocycles. The van der Waals surface area contributed by atoms with Crippen LogP contribution in [0.5, 0.6) is 5.75 Å². The molecule has 2 heterocycles. The fourth-order valence-corrected chi connectivity index (χ4v) is 3.44. The molecular weight excluding hydrogens is 362 g/mol. The standard InChI is InChI=1S/C24H23N3O2/c1-2-29-22-9-8-20(14-21(22)16-28)24-23(19-6-4-3-5-7-19)26-17-27(24)15-18-10-12-25-13-11-18/h3-14,17,28H,2,15-16H2,1H3. The topological polar surface area (TPSA) is 60.2 Å². The van der Waals surface area contributed by atoms with Gasteiger partial charge in [-0.3, -0.25) is 4.98 Å². The second kappa shape index (κ2) is 8.71. The number of benzene rings is 2. The Morgan fingerprint density at radius 1 is 0.966 bits per heavy atom. The molecule has 0 radical (unpaired) electrons. The Bertz CT molecular complexity index is 1080. The molecule has 29 heavy (non-hydrogen) atoms. The average molecular weight is 385 g/mol. The van der Waals surface area contributed by atoms with Crippen molar-refractivity contribution in [2.24, 2.45) is 0 Å². The van der Waals surface area contributed by atoms with E-state index in [4.69, 9.17) is 9.72 Å². The lowest BCUT2D eigenvalue weighted by atomic mass is 10.0. The highest BCUT2D eigenvalue weighted by molar-refractivity contribution is 5.79. The highest BCUT2D eigenvalue weighted by Crippen LogP contribution is 2.34. The summed E-state index contributed by atoms with van der Waals surface area (Å²) in [6, 6.07) is 20.1. The van der Waals surface area contributed by atoms with Crippen LogP contribution in [0.4, 0.5) is 0 Å². The third kappa shape index (κ3) is 4.05. The van der Waals surface area contributed by atoms with Crippen LogP contribution < -0.4 is 4.74 Å². The van der Waals surface area contributed by atoms with Gasteiger partial charge in [0.2, 0.25) is 0 Å². The predicted molar refractivity (Wildman–Crippen MR) is 114 cm³/mol. The fourth-order valence-electron chi connectivity index (χ4n) is 3.44. The molecule has 2 aromatic heterocycles.